The van der Waals surface area contributed by atoms with Crippen LogP contribution >= 0.6 is 15.9 Å². The summed E-state index contributed by atoms with van der Waals surface area (Å²) in [5.41, 5.74) is 1.93. The third-order valence-electron chi connectivity index (χ3n) is 3.09. The van der Waals surface area contributed by atoms with Crippen molar-refractivity contribution in [2.24, 2.45) is 0 Å². The Labute approximate surface area is 117 Å². The van der Waals surface area contributed by atoms with Gasteiger partial charge in [-0.1, -0.05) is 28.1 Å². The van der Waals surface area contributed by atoms with Crippen molar-refractivity contribution >= 4 is 25.8 Å². The average Bonchev–Trinajstić information content (AvgIpc) is 2.75. The smallest absolute Gasteiger partial charge is 0.156 e. The van der Waals surface area contributed by atoms with Crippen LogP contribution in [0.4, 0.5) is 0 Å². The predicted octanol–water partition coefficient (Wildman–Crippen LogP) is 2.85. The highest BCUT2D eigenvalue weighted by atomic mass is 79.9. The Bertz CT molecular complexity index is 519. The normalized spacial score (nSPS) is 20.2. The molecule has 1 fully saturated rings. The Morgan fingerprint density at radius 2 is 2.22 bits per heavy atom. The van der Waals surface area contributed by atoms with Gasteiger partial charge in [0.05, 0.1) is 17.6 Å². The first-order valence-electron chi connectivity index (χ1n) is 6.03. The van der Waals surface area contributed by atoms with E-state index in [0.717, 1.165) is 28.4 Å². The number of benzene rings is 1. The minimum Gasteiger partial charge on any atom is -0.377 e. The SMILES string of the molecule is Cc1ccc(CS(=O)(=O)C[C@@H]2CCCO2)cc1Br. The van der Waals surface area contributed by atoms with E-state index >= 15 is 0 Å². The summed E-state index contributed by atoms with van der Waals surface area (Å²) in [7, 11) is -3.09. The fourth-order valence-electron chi connectivity index (χ4n) is 2.10. The fourth-order valence-corrected chi connectivity index (χ4v) is 4.16. The Morgan fingerprint density at radius 1 is 1.44 bits per heavy atom. The quantitative estimate of drug-likeness (QED) is 0.851. The van der Waals surface area contributed by atoms with Gasteiger partial charge in [-0.15, -0.1) is 0 Å². The van der Waals surface area contributed by atoms with Crippen molar-refractivity contribution < 1.29 is 13.2 Å². The number of sulfone groups is 1. The number of ether oxygens (including phenoxy) is 1. The maximum absolute atomic E-state index is 12.1. The van der Waals surface area contributed by atoms with Crippen LogP contribution in [0.3, 0.4) is 0 Å². The van der Waals surface area contributed by atoms with E-state index in [1.165, 1.54) is 0 Å². The second-order valence-electron chi connectivity index (χ2n) is 4.77. The number of hydrogen-bond donors (Lipinski definition) is 0. The van der Waals surface area contributed by atoms with Crippen LogP contribution in [0.1, 0.15) is 24.0 Å². The maximum Gasteiger partial charge on any atom is 0.156 e. The molecule has 0 radical (unpaired) electrons. The molecule has 0 N–H and O–H groups in total. The number of halogens is 1. The Balaban J connectivity index is 2.04. The molecular weight excluding hydrogens is 316 g/mol. The molecule has 0 bridgehead atoms. The lowest BCUT2D eigenvalue weighted by Gasteiger charge is -2.10. The molecular formula is C13H17BrO3S. The molecule has 0 saturated carbocycles. The molecule has 100 valence electrons. The van der Waals surface area contributed by atoms with Gasteiger partial charge >= 0.3 is 0 Å². The fraction of sp³-hybridized carbons (Fsp3) is 0.538. The van der Waals surface area contributed by atoms with Crippen LogP contribution in [-0.4, -0.2) is 26.9 Å². The molecule has 0 amide bonds. The zero-order valence-electron chi connectivity index (χ0n) is 10.4. The monoisotopic (exact) mass is 332 g/mol. The molecule has 1 heterocycles. The molecule has 3 nitrogen and oxygen atoms in total. The van der Waals surface area contributed by atoms with E-state index in [-0.39, 0.29) is 17.6 Å². The molecule has 0 spiro atoms. The summed E-state index contributed by atoms with van der Waals surface area (Å²) in [6.07, 6.45) is 1.72. The van der Waals surface area contributed by atoms with Crippen molar-refractivity contribution in [2.75, 3.05) is 12.4 Å². The van der Waals surface area contributed by atoms with Crippen molar-refractivity contribution in [3.63, 3.8) is 0 Å². The zero-order valence-corrected chi connectivity index (χ0v) is 12.8. The van der Waals surface area contributed by atoms with E-state index in [9.17, 15) is 8.42 Å². The standard InChI is InChI=1S/C13H17BrO3S/c1-10-4-5-11(7-13(10)14)8-18(15,16)9-12-3-2-6-17-12/h4-5,7,12H,2-3,6,8-9H2,1H3/t12-/m0/s1. The molecule has 0 aliphatic carbocycles. The van der Waals surface area contributed by atoms with Crippen LogP contribution in [0.2, 0.25) is 0 Å². The summed E-state index contributed by atoms with van der Waals surface area (Å²) >= 11 is 3.42. The van der Waals surface area contributed by atoms with Crippen molar-refractivity contribution in [2.45, 2.75) is 31.6 Å². The first-order chi connectivity index (χ1) is 8.46. The molecule has 1 atom stereocenters. The minimum atomic E-state index is -3.09. The lowest BCUT2D eigenvalue weighted by molar-refractivity contribution is 0.127. The van der Waals surface area contributed by atoms with Gasteiger partial charge in [-0.2, -0.15) is 0 Å². The summed E-state index contributed by atoms with van der Waals surface area (Å²) in [5, 5.41) is 0. The lowest BCUT2D eigenvalue weighted by atomic mass is 10.2. The molecule has 1 aromatic carbocycles. The van der Waals surface area contributed by atoms with Crippen LogP contribution in [0.15, 0.2) is 22.7 Å². The lowest BCUT2D eigenvalue weighted by Crippen LogP contribution is -2.21. The molecule has 0 unspecified atom stereocenters. The molecule has 1 saturated heterocycles. The highest BCUT2D eigenvalue weighted by Crippen LogP contribution is 2.21. The van der Waals surface area contributed by atoms with Crippen molar-refractivity contribution in [3.8, 4) is 0 Å². The Kier molecular flexibility index (Phi) is 4.45. The van der Waals surface area contributed by atoms with E-state index < -0.39 is 9.84 Å². The zero-order chi connectivity index (χ0) is 13.2. The average molecular weight is 333 g/mol. The van der Waals surface area contributed by atoms with Gasteiger partial charge in [0.1, 0.15) is 0 Å². The van der Waals surface area contributed by atoms with Crippen LogP contribution in [0, 0.1) is 6.92 Å². The topological polar surface area (TPSA) is 43.4 Å². The van der Waals surface area contributed by atoms with E-state index in [4.69, 9.17) is 4.74 Å². The highest BCUT2D eigenvalue weighted by molar-refractivity contribution is 9.10. The third-order valence-corrected chi connectivity index (χ3v) is 5.59. The number of aryl methyl sites for hydroxylation is 1. The van der Waals surface area contributed by atoms with Gasteiger partial charge in [-0.25, -0.2) is 8.42 Å². The van der Waals surface area contributed by atoms with Gasteiger partial charge < -0.3 is 4.74 Å². The minimum absolute atomic E-state index is 0.0890. The molecule has 1 aliphatic heterocycles. The van der Waals surface area contributed by atoms with Crippen LogP contribution in [0.25, 0.3) is 0 Å². The highest BCUT2D eigenvalue weighted by Gasteiger charge is 2.23. The van der Waals surface area contributed by atoms with Gasteiger partial charge in [-0.3, -0.25) is 0 Å². The maximum atomic E-state index is 12.1. The third kappa shape index (κ3) is 3.80. The van der Waals surface area contributed by atoms with E-state index in [2.05, 4.69) is 15.9 Å². The number of rotatable bonds is 4. The summed E-state index contributed by atoms with van der Waals surface area (Å²) < 4.78 is 30.4. The molecule has 2 rings (SSSR count). The Hall–Kier alpha value is -0.390. The summed E-state index contributed by atoms with van der Waals surface area (Å²) in [5.74, 6) is 0.226. The van der Waals surface area contributed by atoms with Gasteiger partial charge in [0.15, 0.2) is 9.84 Å². The second kappa shape index (κ2) is 5.72. The largest absolute Gasteiger partial charge is 0.377 e. The summed E-state index contributed by atoms with van der Waals surface area (Å²) in [6.45, 7) is 2.67. The van der Waals surface area contributed by atoms with Crippen molar-refractivity contribution in [1.29, 1.82) is 0 Å². The van der Waals surface area contributed by atoms with Gasteiger partial charge in [-0.05, 0) is 37.0 Å². The summed E-state index contributed by atoms with van der Waals surface area (Å²) in [6, 6.07) is 5.68. The first kappa shape index (κ1) is 14.0. The van der Waals surface area contributed by atoms with Crippen LogP contribution < -0.4 is 0 Å². The van der Waals surface area contributed by atoms with Crippen molar-refractivity contribution in [3.05, 3.63) is 33.8 Å². The van der Waals surface area contributed by atoms with Crippen LogP contribution in [0.5, 0.6) is 0 Å². The molecule has 1 aliphatic rings. The van der Waals surface area contributed by atoms with E-state index in [0.29, 0.717) is 6.61 Å². The molecule has 5 heteroatoms. The van der Waals surface area contributed by atoms with Gasteiger partial charge in [0, 0.05) is 11.1 Å². The summed E-state index contributed by atoms with van der Waals surface area (Å²) in [4.78, 5) is 0. The first-order valence-corrected chi connectivity index (χ1v) is 8.65. The van der Waals surface area contributed by atoms with Crippen LogP contribution in [-0.2, 0) is 20.3 Å². The number of hydrogen-bond acceptors (Lipinski definition) is 3. The molecule has 18 heavy (non-hydrogen) atoms. The Morgan fingerprint density at radius 3 is 2.83 bits per heavy atom. The molecule has 1 aromatic rings. The predicted molar refractivity (Wildman–Crippen MR) is 75.3 cm³/mol. The molecule has 0 aromatic heterocycles. The van der Waals surface area contributed by atoms with Gasteiger partial charge in [0.25, 0.3) is 0 Å². The van der Waals surface area contributed by atoms with Gasteiger partial charge in [0.2, 0.25) is 0 Å². The van der Waals surface area contributed by atoms with E-state index in [1.54, 1.807) is 0 Å². The second-order valence-corrected chi connectivity index (χ2v) is 7.74. The van der Waals surface area contributed by atoms with E-state index in [1.807, 2.05) is 25.1 Å². The van der Waals surface area contributed by atoms with Crippen molar-refractivity contribution in [1.82, 2.24) is 0 Å².